The fourth-order valence-corrected chi connectivity index (χ4v) is 10.7. The number of furan rings is 1. The average Bonchev–Trinajstić information content (AvgIpc) is 3.52. The Hall–Kier alpha value is -4.16. The van der Waals surface area contributed by atoms with Gasteiger partial charge in [-0.3, -0.25) is 0 Å². The number of aliphatic imine (C=N–C) groups is 1. The zero-order valence-corrected chi connectivity index (χ0v) is 23.5. The van der Waals surface area contributed by atoms with Gasteiger partial charge in [-0.1, -0.05) is 0 Å². The molecule has 1 atom stereocenters. The van der Waals surface area contributed by atoms with E-state index in [0.29, 0.717) is 3.92 Å². The predicted octanol–water partition coefficient (Wildman–Crippen LogP) is 9.83. The van der Waals surface area contributed by atoms with Gasteiger partial charge in [-0.15, -0.1) is 0 Å². The predicted molar refractivity (Wildman–Crippen MR) is 173 cm³/mol. The number of nitrogens with zero attached hydrogens (tertiary/aromatic N) is 2. The number of allylic oxidation sites excluding steroid dienone is 1. The van der Waals surface area contributed by atoms with E-state index in [-0.39, 0.29) is 0 Å². The molecule has 4 heteroatoms. The van der Waals surface area contributed by atoms with Crippen LogP contribution in [-0.4, -0.2) is 13.3 Å². The molecule has 8 rings (SSSR count). The summed E-state index contributed by atoms with van der Waals surface area (Å²) in [5, 5.41) is 4.73. The molecule has 0 spiro atoms. The Labute approximate surface area is 233 Å². The van der Waals surface area contributed by atoms with Crippen LogP contribution in [0.2, 0.25) is 0 Å². The van der Waals surface area contributed by atoms with E-state index >= 15 is 0 Å². The van der Waals surface area contributed by atoms with E-state index in [4.69, 9.17) is 9.41 Å². The Morgan fingerprint density at radius 1 is 0.641 bits per heavy atom. The number of hydrogen-bond donors (Lipinski definition) is 0. The van der Waals surface area contributed by atoms with Gasteiger partial charge in [-0.25, -0.2) is 0 Å². The number of para-hydroxylation sites is 2. The molecule has 1 aliphatic heterocycles. The molecule has 0 N–H and O–H groups in total. The van der Waals surface area contributed by atoms with Crippen molar-refractivity contribution in [3.63, 3.8) is 0 Å². The van der Waals surface area contributed by atoms with Crippen molar-refractivity contribution < 1.29 is 4.42 Å². The molecule has 0 bridgehead atoms. The standard InChI is InChI=1S/C35H25IN2O/c1-36-29(23-12-4-2-5-13-23)22-30(24-14-6-3-7-15-24)37-35(36)38-31-18-10-8-16-25(31)27-21-34-28(20-32(27)38)26-17-9-11-19-33(26)39-34/h2-22,29H,1H3. The quantitative estimate of drug-likeness (QED) is 0.141. The third-order valence-corrected chi connectivity index (χ3v) is 13.0. The second-order valence-corrected chi connectivity index (χ2v) is 15.2. The van der Waals surface area contributed by atoms with Crippen LogP contribution in [0.5, 0.6) is 0 Å². The van der Waals surface area contributed by atoms with E-state index in [9.17, 15) is 0 Å². The molecule has 0 amide bonds. The molecule has 2 aromatic heterocycles. The fraction of sp³-hybridized carbons (Fsp3) is 0.0571. The molecule has 7 aromatic rings. The van der Waals surface area contributed by atoms with Crippen molar-refractivity contribution in [1.29, 1.82) is 0 Å². The first-order chi connectivity index (χ1) is 19.3. The fourth-order valence-electron chi connectivity index (χ4n) is 5.80. The van der Waals surface area contributed by atoms with E-state index in [1.54, 1.807) is 0 Å². The summed E-state index contributed by atoms with van der Waals surface area (Å²) in [6.07, 6.45) is 2.41. The summed E-state index contributed by atoms with van der Waals surface area (Å²) in [4.78, 5) is 7.93. The molecule has 0 aliphatic carbocycles. The van der Waals surface area contributed by atoms with E-state index in [1.807, 2.05) is 6.07 Å². The van der Waals surface area contributed by atoms with Crippen LogP contribution in [0.3, 0.4) is 0 Å². The van der Waals surface area contributed by atoms with Crippen molar-refractivity contribution in [3.8, 4) is 0 Å². The van der Waals surface area contributed by atoms with Crippen LogP contribution in [-0.2, 0) is 0 Å². The van der Waals surface area contributed by atoms with E-state index in [0.717, 1.165) is 33.2 Å². The molecular weight excluding hydrogens is 591 g/mol. The summed E-state index contributed by atoms with van der Waals surface area (Å²) < 4.78 is 10.3. The van der Waals surface area contributed by atoms with Crippen molar-refractivity contribution in [1.82, 2.24) is 4.57 Å². The Balaban J connectivity index is 1.44. The van der Waals surface area contributed by atoms with Crippen LogP contribution in [0.25, 0.3) is 49.4 Å². The SMILES string of the molecule is CI1C(n2c3ccccc3c3cc4oc5ccccc5c4cc32)=NC(c2ccccc2)=CC1c1ccccc1. The molecule has 3 heterocycles. The van der Waals surface area contributed by atoms with Crippen LogP contribution in [0.4, 0.5) is 0 Å². The van der Waals surface area contributed by atoms with Gasteiger partial charge in [0.25, 0.3) is 0 Å². The molecule has 0 fully saturated rings. The summed E-state index contributed by atoms with van der Waals surface area (Å²) in [6.45, 7) is 0. The molecule has 0 radical (unpaired) electrons. The minimum absolute atomic E-state index is 0.354. The minimum atomic E-state index is -1.83. The van der Waals surface area contributed by atoms with Crippen LogP contribution in [0.1, 0.15) is 15.1 Å². The van der Waals surface area contributed by atoms with Crippen LogP contribution < -0.4 is 0 Å². The summed E-state index contributed by atoms with van der Waals surface area (Å²) in [5.74, 6) is 0. The van der Waals surface area contributed by atoms with E-state index in [1.165, 1.54) is 31.2 Å². The van der Waals surface area contributed by atoms with Crippen molar-refractivity contribution in [2.45, 2.75) is 3.92 Å². The van der Waals surface area contributed by atoms with Gasteiger partial charge in [-0.2, -0.15) is 0 Å². The van der Waals surface area contributed by atoms with Gasteiger partial charge in [-0.05, 0) is 0 Å². The summed E-state index contributed by atoms with van der Waals surface area (Å²) in [5.41, 5.74) is 7.83. The Morgan fingerprint density at radius 3 is 2.15 bits per heavy atom. The number of hydrogen-bond acceptors (Lipinski definition) is 2. The zero-order chi connectivity index (χ0) is 25.9. The first kappa shape index (κ1) is 22.8. The summed E-state index contributed by atoms with van der Waals surface area (Å²) >= 11 is -1.83. The molecule has 1 unspecified atom stereocenters. The number of rotatable bonds is 2. The maximum absolute atomic E-state index is 6.30. The van der Waals surface area contributed by atoms with Gasteiger partial charge in [0.15, 0.2) is 0 Å². The Bertz CT molecular complexity index is 2080. The van der Waals surface area contributed by atoms with E-state index in [2.05, 4.69) is 131 Å². The first-order valence-electron chi connectivity index (χ1n) is 13.1. The molecule has 5 aromatic carbocycles. The monoisotopic (exact) mass is 616 g/mol. The van der Waals surface area contributed by atoms with Gasteiger partial charge in [0.1, 0.15) is 0 Å². The van der Waals surface area contributed by atoms with Crippen LogP contribution >= 0.6 is 19.8 Å². The third kappa shape index (κ3) is 3.58. The molecule has 1 aliphatic rings. The van der Waals surface area contributed by atoms with Crippen molar-refractivity contribution in [2.24, 2.45) is 4.99 Å². The number of aromatic nitrogens is 1. The van der Waals surface area contributed by atoms with Gasteiger partial charge >= 0.3 is 234 Å². The second-order valence-electron chi connectivity index (χ2n) is 9.94. The summed E-state index contributed by atoms with van der Waals surface area (Å²) in [7, 11) is 0. The molecule has 0 saturated carbocycles. The Kier molecular flexibility index (Phi) is 5.23. The number of benzene rings is 5. The van der Waals surface area contributed by atoms with Gasteiger partial charge in [0.2, 0.25) is 0 Å². The zero-order valence-electron chi connectivity index (χ0n) is 21.4. The van der Waals surface area contributed by atoms with Crippen LogP contribution in [0, 0.1) is 0 Å². The van der Waals surface area contributed by atoms with Gasteiger partial charge in [0.05, 0.1) is 0 Å². The topological polar surface area (TPSA) is 30.4 Å². The first-order valence-corrected chi connectivity index (χ1v) is 17.6. The second kappa shape index (κ2) is 8.95. The van der Waals surface area contributed by atoms with Gasteiger partial charge < -0.3 is 0 Å². The van der Waals surface area contributed by atoms with Gasteiger partial charge in [0, 0.05) is 0 Å². The number of fused-ring (bicyclic) bond motifs is 6. The molecular formula is C35H25IN2O. The van der Waals surface area contributed by atoms with Crippen molar-refractivity contribution >= 4 is 73.1 Å². The molecule has 188 valence electrons. The van der Waals surface area contributed by atoms with Crippen molar-refractivity contribution in [2.75, 3.05) is 4.93 Å². The molecule has 39 heavy (non-hydrogen) atoms. The third-order valence-electron chi connectivity index (χ3n) is 7.68. The normalized spacial score (nSPS) is 16.7. The average molecular weight is 617 g/mol. The summed E-state index contributed by atoms with van der Waals surface area (Å²) in [6, 6.07) is 43.1. The number of alkyl halides is 2. The molecule has 0 saturated heterocycles. The molecule has 3 nitrogen and oxygen atoms in total. The van der Waals surface area contributed by atoms with E-state index < -0.39 is 19.8 Å². The van der Waals surface area contributed by atoms with Crippen molar-refractivity contribution in [3.05, 3.63) is 139 Å². The van der Waals surface area contributed by atoms with Crippen LogP contribution in [0.15, 0.2) is 137 Å². The maximum atomic E-state index is 6.30. The number of halogens is 1. The Morgan fingerprint density at radius 2 is 1.33 bits per heavy atom.